The zero-order valence-electron chi connectivity index (χ0n) is 31.4. The Morgan fingerprint density at radius 1 is 0.554 bits per heavy atom. The minimum atomic E-state index is -0.635. The molecule has 1 aliphatic rings. The van der Waals surface area contributed by atoms with Gasteiger partial charge in [0.2, 0.25) is 0 Å². The van der Waals surface area contributed by atoms with Crippen LogP contribution < -0.4 is 18.9 Å². The Labute approximate surface area is 325 Å². The summed E-state index contributed by atoms with van der Waals surface area (Å²) in [5, 5.41) is 0. The maximum absolute atomic E-state index is 12.9. The highest BCUT2D eigenvalue weighted by Gasteiger charge is 2.32. The van der Waals surface area contributed by atoms with Gasteiger partial charge in [-0.3, -0.25) is 9.59 Å². The van der Waals surface area contributed by atoms with Crippen molar-refractivity contribution in [2.24, 2.45) is 11.8 Å². The van der Waals surface area contributed by atoms with E-state index in [1.807, 2.05) is 0 Å². The van der Waals surface area contributed by atoms with Crippen molar-refractivity contribution < 1.29 is 61.9 Å². The SMILES string of the molecule is C=CC(=O)OCCCCOC(=O)C1CCC(C(=O)Oc2ccc(OC(=O)c3ccc(OC(=O)c4ccc(OCCCCOC(=O)C=C)cc4)cc3)cc2C)CC1. The number of esters is 6. The van der Waals surface area contributed by atoms with Crippen LogP contribution in [0.25, 0.3) is 0 Å². The molecule has 0 aliphatic heterocycles. The largest absolute Gasteiger partial charge is 0.494 e. The highest BCUT2D eigenvalue weighted by atomic mass is 16.6. The van der Waals surface area contributed by atoms with E-state index < -0.39 is 23.9 Å². The van der Waals surface area contributed by atoms with Gasteiger partial charge >= 0.3 is 35.8 Å². The van der Waals surface area contributed by atoms with E-state index in [2.05, 4.69) is 13.2 Å². The van der Waals surface area contributed by atoms with Gasteiger partial charge in [-0.2, -0.15) is 0 Å². The topological polar surface area (TPSA) is 167 Å². The lowest BCUT2D eigenvalue weighted by atomic mass is 9.82. The van der Waals surface area contributed by atoms with E-state index in [4.69, 9.17) is 33.2 Å². The van der Waals surface area contributed by atoms with Crippen LogP contribution in [0.4, 0.5) is 0 Å². The van der Waals surface area contributed by atoms with Crippen LogP contribution in [-0.4, -0.2) is 62.2 Å². The number of aryl methyl sites for hydroxylation is 1. The minimum Gasteiger partial charge on any atom is -0.494 e. The van der Waals surface area contributed by atoms with Gasteiger partial charge in [-0.25, -0.2) is 19.2 Å². The third-order valence-electron chi connectivity index (χ3n) is 8.76. The molecule has 0 saturated heterocycles. The Morgan fingerprint density at radius 3 is 1.52 bits per heavy atom. The van der Waals surface area contributed by atoms with Gasteiger partial charge in [0.05, 0.1) is 49.4 Å². The summed E-state index contributed by atoms with van der Waals surface area (Å²) >= 11 is 0. The number of rotatable bonds is 20. The Morgan fingerprint density at radius 2 is 1.00 bits per heavy atom. The molecule has 0 spiro atoms. The van der Waals surface area contributed by atoms with Crippen LogP contribution in [0.1, 0.15) is 77.6 Å². The molecule has 13 heteroatoms. The molecule has 0 bridgehead atoms. The third-order valence-corrected chi connectivity index (χ3v) is 8.76. The second-order valence-corrected chi connectivity index (χ2v) is 12.9. The maximum Gasteiger partial charge on any atom is 0.343 e. The summed E-state index contributed by atoms with van der Waals surface area (Å²) in [6.07, 6.45) is 6.68. The Bertz CT molecular complexity index is 1840. The first kappa shape index (κ1) is 42.5. The number of carbonyl (C=O) groups excluding carboxylic acids is 6. The molecule has 1 aliphatic carbocycles. The molecule has 13 nitrogen and oxygen atoms in total. The molecule has 0 atom stereocenters. The molecule has 3 aromatic carbocycles. The van der Waals surface area contributed by atoms with Gasteiger partial charge in [0.25, 0.3) is 0 Å². The van der Waals surface area contributed by atoms with Crippen LogP contribution in [0.5, 0.6) is 23.0 Å². The Kier molecular flexibility index (Phi) is 16.9. The number of unbranched alkanes of at least 4 members (excludes halogenated alkanes) is 2. The van der Waals surface area contributed by atoms with Gasteiger partial charge in [-0.05, 0) is 131 Å². The predicted octanol–water partition coefficient (Wildman–Crippen LogP) is 7.09. The molecular weight excluding hydrogens is 724 g/mol. The molecule has 0 unspecified atom stereocenters. The normalized spacial score (nSPS) is 14.7. The molecule has 0 N–H and O–H groups in total. The van der Waals surface area contributed by atoms with Crippen LogP contribution in [0.2, 0.25) is 0 Å². The molecule has 0 aromatic heterocycles. The summed E-state index contributed by atoms with van der Waals surface area (Å²) in [6, 6.07) is 17.1. The standard InChI is InChI=1S/C43H46O13/c1-4-38(44)51-25-7-6-24-50-34-18-14-32(15-19-34)41(47)54-35-20-16-33(17-21-35)42(48)55-36-22-23-37(29(3)28-36)56-43(49)31-12-10-30(11-13-31)40(46)53-27-9-8-26-52-39(45)5-2/h4-5,14-23,28,30-31H,1-2,6-13,24-27H2,3H3. The quantitative estimate of drug-likeness (QED) is 0.0376. The number of ether oxygens (including phenoxy) is 7. The molecule has 1 saturated carbocycles. The molecule has 0 radical (unpaired) electrons. The van der Waals surface area contributed by atoms with E-state index in [-0.39, 0.29) is 60.7 Å². The minimum absolute atomic E-state index is 0.226. The summed E-state index contributed by atoms with van der Waals surface area (Å²) in [6.45, 7) is 9.57. The van der Waals surface area contributed by atoms with Crippen molar-refractivity contribution in [2.45, 2.75) is 58.3 Å². The van der Waals surface area contributed by atoms with E-state index >= 15 is 0 Å². The average Bonchev–Trinajstić information content (AvgIpc) is 3.21. The number of benzene rings is 3. The van der Waals surface area contributed by atoms with Crippen molar-refractivity contribution in [3.8, 4) is 23.0 Å². The summed E-state index contributed by atoms with van der Waals surface area (Å²) in [5.41, 5.74) is 1.12. The number of hydrogen-bond donors (Lipinski definition) is 0. The number of carbonyl (C=O) groups is 6. The predicted molar refractivity (Wildman–Crippen MR) is 202 cm³/mol. The molecular formula is C43H46O13. The molecule has 0 heterocycles. The van der Waals surface area contributed by atoms with Gasteiger partial charge in [0.1, 0.15) is 23.0 Å². The van der Waals surface area contributed by atoms with Crippen LogP contribution in [0.15, 0.2) is 92.0 Å². The molecule has 56 heavy (non-hydrogen) atoms. The lowest BCUT2D eigenvalue weighted by molar-refractivity contribution is -0.152. The van der Waals surface area contributed by atoms with Gasteiger partial charge in [0.15, 0.2) is 0 Å². The Balaban J connectivity index is 1.16. The monoisotopic (exact) mass is 770 g/mol. The van der Waals surface area contributed by atoms with E-state index in [9.17, 15) is 28.8 Å². The van der Waals surface area contributed by atoms with Gasteiger partial charge < -0.3 is 33.2 Å². The summed E-state index contributed by atoms with van der Waals surface area (Å²) in [5.74, 6) is -2.09. The fraction of sp³-hybridized carbons (Fsp3) is 0.349. The van der Waals surface area contributed by atoms with Crippen LogP contribution in [0.3, 0.4) is 0 Å². The van der Waals surface area contributed by atoms with E-state index in [1.54, 1.807) is 43.3 Å². The van der Waals surface area contributed by atoms with E-state index in [0.717, 1.165) is 12.2 Å². The van der Waals surface area contributed by atoms with Gasteiger partial charge in [-0.1, -0.05) is 13.2 Å². The van der Waals surface area contributed by atoms with Crippen molar-refractivity contribution in [1.82, 2.24) is 0 Å². The van der Waals surface area contributed by atoms with Crippen LogP contribution >= 0.6 is 0 Å². The summed E-state index contributed by atoms with van der Waals surface area (Å²) < 4.78 is 37.5. The summed E-state index contributed by atoms with van der Waals surface area (Å²) in [4.78, 5) is 73.0. The van der Waals surface area contributed by atoms with Crippen molar-refractivity contribution in [1.29, 1.82) is 0 Å². The van der Waals surface area contributed by atoms with Crippen LogP contribution in [0, 0.1) is 18.8 Å². The first-order valence-electron chi connectivity index (χ1n) is 18.4. The molecule has 4 rings (SSSR count). The maximum atomic E-state index is 12.9. The number of hydrogen-bond acceptors (Lipinski definition) is 13. The first-order chi connectivity index (χ1) is 27.1. The lowest BCUT2D eigenvalue weighted by Gasteiger charge is -2.26. The van der Waals surface area contributed by atoms with E-state index in [0.29, 0.717) is 80.6 Å². The van der Waals surface area contributed by atoms with Gasteiger partial charge in [-0.15, -0.1) is 0 Å². The molecule has 1 fully saturated rings. The lowest BCUT2D eigenvalue weighted by Crippen LogP contribution is -2.29. The van der Waals surface area contributed by atoms with Crippen molar-refractivity contribution in [3.63, 3.8) is 0 Å². The van der Waals surface area contributed by atoms with Crippen molar-refractivity contribution >= 4 is 35.8 Å². The Hall–Kier alpha value is -6.24. The zero-order valence-corrected chi connectivity index (χ0v) is 31.4. The summed E-state index contributed by atoms with van der Waals surface area (Å²) in [7, 11) is 0. The third kappa shape index (κ3) is 13.9. The fourth-order valence-electron chi connectivity index (χ4n) is 5.59. The van der Waals surface area contributed by atoms with Crippen molar-refractivity contribution in [3.05, 3.63) is 109 Å². The average molecular weight is 771 g/mol. The van der Waals surface area contributed by atoms with Gasteiger partial charge in [0, 0.05) is 12.2 Å². The first-order valence-corrected chi connectivity index (χ1v) is 18.4. The molecule has 0 amide bonds. The zero-order chi connectivity index (χ0) is 40.3. The highest BCUT2D eigenvalue weighted by Crippen LogP contribution is 2.32. The second kappa shape index (κ2) is 22.2. The molecule has 3 aromatic rings. The van der Waals surface area contributed by atoms with Crippen molar-refractivity contribution in [2.75, 3.05) is 26.4 Å². The van der Waals surface area contributed by atoms with E-state index in [1.165, 1.54) is 30.3 Å². The molecule has 296 valence electrons. The van der Waals surface area contributed by atoms with Crippen LogP contribution in [-0.2, 0) is 33.4 Å². The smallest absolute Gasteiger partial charge is 0.343 e. The fourth-order valence-corrected chi connectivity index (χ4v) is 5.59. The second-order valence-electron chi connectivity index (χ2n) is 12.9. The highest BCUT2D eigenvalue weighted by molar-refractivity contribution is 5.93.